The van der Waals surface area contributed by atoms with E-state index < -0.39 is 0 Å². The van der Waals surface area contributed by atoms with Gasteiger partial charge in [0.15, 0.2) is 0 Å². The summed E-state index contributed by atoms with van der Waals surface area (Å²) in [7, 11) is 0. The van der Waals surface area contributed by atoms with Gasteiger partial charge < -0.3 is 4.57 Å². The van der Waals surface area contributed by atoms with Gasteiger partial charge in [0.05, 0.1) is 0 Å². The van der Waals surface area contributed by atoms with Crippen molar-refractivity contribution >= 4 is 0 Å². The summed E-state index contributed by atoms with van der Waals surface area (Å²) in [6.07, 6.45) is 1.10. The van der Waals surface area contributed by atoms with Crippen LogP contribution in [0.1, 0.15) is 29.4 Å². The fraction of sp³-hybridized carbons (Fsp3) is 0.333. The van der Waals surface area contributed by atoms with Gasteiger partial charge in [-0.3, -0.25) is 0 Å². The summed E-state index contributed by atoms with van der Waals surface area (Å²) in [6.45, 7) is 8.70. The highest BCUT2D eigenvalue weighted by Crippen LogP contribution is 2.21. The highest BCUT2D eigenvalue weighted by Gasteiger charge is 2.08. The van der Waals surface area contributed by atoms with Crippen LogP contribution in [-0.2, 0) is 6.42 Å². The molecule has 1 heteroatoms. The Bertz CT molecular complexity index is 489. The molecule has 0 bridgehead atoms. The van der Waals surface area contributed by atoms with Crippen LogP contribution in [-0.4, -0.2) is 4.57 Å². The first-order valence-electron chi connectivity index (χ1n) is 5.88. The van der Waals surface area contributed by atoms with Crippen molar-refractivity contribution in [3.8, 4) is 5.69 Å². The highest BCUT2D eigenvalue weighted by molar-refractivity contribution is 5.42. The van der Waals surface area contributed by atoms with Gasteiger partial charge >= 0.3 is 0 Å². The second kappa shape index (κ2) is 4.17. The second-order valence-corrected chi connectivity index (χ2v) is 4.42. The van der Waals surface area contributed by atoms with Gasteiger partial charge in [0.2, 0.25) is 0 Å². The minimum absolute atomic E-state index is 1.10. The Morgan fingerprint density at radius 1 is 1.00 bits per heavy atom. The van der Waals surface area contributed by atoms with Crippen LogP contribution in [0.25, 0.3) is 5.69 Å². The van der Waals surface area contributed by atoms with Crippen molar-refractivity contribution in [2.75, 3.05) is 0 Å². The van der Waals surface area contributed by atoms with E-state index in [1.807, 2.05) is 0 Å². The third-order valence-corrected chi connectivity index (χ3v) is 3.21. The summed E-state index contributed by atoms with van der Waals surface area (Å²) in [4.78, 5) is 0. The molecule has 1 aromatic heterocycles. The van der Waals surface area contributed by atoms with Crippen LogP contribution < -0.4 is 0 Å². The van der Waals surface area contributed by atoms with Gasteiger partial charge in [-0.1, -0.05) is 24.6 Å². The summed E-state index contributed by atoms with van der Waals surface area (Å²) < 4.78 is 2.33. The molecule has 0 spiro atoms. The highest BCUT2D eigenvalue weighted by atomic mass is 15.0. The molecule has 2 aromatic rings. The largest absolute Gasteiger partial charge is 0.318 e. The fourth-order valence-electron chi connectivity index (χ4n) is 2.28. The molecule has 0 atom stereocenters. The molecule has 1 heterocycles. The van der Waals surface area contributed by atoms with Crippen molar-refractivity contribution in [1.82, 2.24) is 4.57 Å². The molecule has 0 aliphatic carbocycles. The second-order valence-electron chi connectivity index (χ2n) is 4.42. The molecule has 0 aliphatic heterocycles. The molecule has 0 N–H and O–H groups in total. The molecule has 16 heavy (non-hydrogen) atoms. The van der Waals surface area contributed by atoms with E-state index in [4.69, 9.17) is 0 Å². The number of nitrogens with zero attached hydrogens (tertiary/aromatic N) is 1. The molecule has 1 aromatic carbocycles. The van der Waals surface area contributed by atoms with Crippen LogP contribution in [0.2, 0.25) is 0 Å². The third-order valence-electron chi connectivity index (χ3n) is 3.21. The van der Waals surface area contributed by atoms with Gasteiger partial charge in [0, 0.05) is 17.1 Å². The zero-order valence-corrected chi connectivity index (χ0v) is 10.5. The van der Waals surface area contributed by atoms with Crippen LogP contribution in [0.15, 0.2) is 30.3 Å². The maximum Gasteiger partial charge on any atom is 0.0455 e. The maximum absolute atomic E-state index is 2.33. The zero-order valence-electron chi connectivity index (χ0n) is 10.5. The standard InChI is InChI=1S/C15H19N/c1-5-14-10-12(3)16(13(14)4)15-8-6-11(2)7-9-15/h6-10H,5H2,1-4H3. The Labute approximate surface area is 97.7 Å². The molecule has 2 rings (SSSR count). The van der Waals surface area contributed by atoms with Gasteiger partial charge in [-0.2, -0.15) is 0 Å². The molecule has 0 amide bonds. The van der Waals surface area contributed by atoms with Crippen molar-refractivity contribution < 1.29 is 0 Å². The quantitative estimate of drug-likeness (QED) is 0.711. The lowest BCUT2D eigenvalue weighted by molar-refractivity contribution is 0.949. The van der Waals surface area contributed by atoms with E-state index in [1.54, 1.807) is 0 Å². The molecule has 0 unspecified atom stereocenters. The molecular weight excluding hydrogens is 194 g/mol. The van der Waals surface area contributed by atoms with E-state index in [0.29, 0.717) is 0 Å². The molecular formula is C15H19N. The number of aromatic nitrogens is 1. The van der Waals surface area contributed by atoms with Gasteiger partial charge in [-0.25, -0.2) is 0 Å². The monoisotopic (exact) mass is 213 g/mol. The molecule has 0 aliphatic rings. The molecule has 84 valence electrons. The lowest BCUT2D eigenvalue weighted by Crippen LogP contribution is -1.99. The normalized spacial score (nSPS) is 10.8. The van der Waals surface area contributed by atoms with Crippen LogP contribution in [0.4, 0.5) is 0 Å². The van der Waals surface area contributed by atoms with E-state index in [2.05, 4.69) is 62.6 Å². The minimum atomic E-state index is 1.10. The van der Waals surface area contributed by atoms with E-state index >= 15 is 0 Å². The van der Waals surface area contributed by atoms with Gasteiger partial charge in [-0.05, 0) is 51.0 Å². The first-order chi connectivity index (χ1) is 7.63. The predicted molar refractivity (Wildman–Crippen MR) is 69.4 cm³/mol. The first kappa shape index (κ1) is 11.0. The lowest BCUT2D eigenvalue weighted by Gasteiger charge is -2.10. The van der Waals surface area contributed by atoms with Gasteiger partial charge in [0.25, 0.3) is 0 Å². The Kier molecular flexibility index (Phi) is 2.86. The topological polar surface area (TPSA) is 4.93 Å². The van der Waals surface area contributed by atoms with Crippen molar-refractivity contribution in [2.24, 2.45) is 0 Å². The van der Waals surface area contributed by atoms with E-state index in [-0.39, 0.29) is 0 Å². The van der Waals surface area contributed by atoms with Crippen molar-refractivity contribution in [3.05, 3.63) is 52.8 Å². The number of rotatable bonds is 2. The summed E-state index contributed by atoms with van der Waals surface area (Å²) in [5.74, 6) is 0. The van der Waals surface area contributed by atoms with E-state index in [9.17, 15) is 0 Å². The maximum atomic E-state index is 2.33. The van der Waals surface area contributed by atoms with Gasteiger partial charge in [0.1, 0.15) is 0 Å². The van der Waals surface area contributed by atoms with Gasteiger partial charge in [-0.15, -0.1) is 0 Å². The summed E-state index contributed by atoms with van der Waals surface area (Å²) >= 11 is 0. The van der Waals surface area contributed by atoms with Crippen LogP contribution in [0.5, 0.6) is 0 Å². The Balaban J connectivity index is 2.55. The smallest absolute Gasteiger partial charge is 0.0455 e. The molecule has 0 saturated heterocycles. The number of hydrogen-bond acceptors (Lipinski definition) is 0. The molecule has 0 fully saturated rings. The van der Waals surface area contributed by atoms with Crippen molar-refractivity contribution in [3.63, 3.8) is 0 Å². The van der Waals surface area contributed by atoms with Crippen molar-refractivity contribution in [2.45, 2.75) is 34.1 Å². The third kappa shape index (κ3) is 1.78. The van der Waals surface area contributed by atoms with Crippen molar-refractivity contribution in [1.29, 1.82) is 0 Å². The summed E-state index contributed by atoms with van der Waals surface area (Å²) in [5.41, 5.74) is 6.70. The van der Waals surface area contributed by atoms with E-state index in [0.717, 1.165) is 6.42 Å². The average Bonchev–Trinajstić information content (AvgIpc) is 2.56. The van der Waals surface area contributed by atoms with Crippen LogP contribution >= 0.6 is 0 Å². The van der Waals surface area contributed by atoms with Crippen LogP contribution in [0.3, 0.4) is 0 Å². The molecule has 1 nitrogen and oxygen atoms in total. The minimum Gasteiger partial charge on any atom is -0.318 e. The summed E-state index contributed by atoms with van der Waals surface area (Å²) in [6, 6.07) is 11.0. The fourth-order valence-corrected chi connectivity index (χ4v) is 2.28. The lowest BCUT2D eigenvalue weighted by atomic mass is 10.2. The Morgan fingerprint density at radius 3 is 2.12 bits per heavy atom. The van der Waals surface area contributed by atoms with E-state index in [1.165, 1.54) is 28.2 Å². The number of hydrogen-bond donors (Lipinski definition) is 0. The number of benzene rings is 1. The Morgan fingerprint density at radius 2 is 1.62 bits per heavy atom. The number of aryl methyl sites for hydroxylation is 3. The summed E-state index contributed by atoms with van der Waals surface area (Å²) in [5, 5.41) is 0. The molecule has 0 radical (unpaired) electrons. The first-order valence-corrected chi connectivity index (χ1v) is 5.88. The molecule has 0 saturated carbocycles. The zero-order chi connectivity index (χ0) is 11.7. The Hall–Kier alpha value is -1.50. The SMILES string of the molecule is CCc1cc(C)n(-c2ccc(C)cc2)c1C. The predicted octanol–water partition coefficient (Wildman–Crippen LogP) is 3.96. The average molecular weight is 213 g/mol. The van der Waals surface area contributed by atoms with Crippen LogP contribution in [0, 0.1) is 20.8 Å².